The number of pyridine rings is 1. The van der Waals surface area contributed by atoms with Gasteiger partial charge in [0.2, 0.25) is 0 Å². The van der Waals surface area contributed by atoms with Crippen LogP contribution in [-0.4, -0.2) is 20.2 Å². The van der Waals surface area contributed by atoms with Gasteiger partial charge in [-0.3, -0.25) is 4.98 Å². The van der Waals surface area contributed by atoms with Gasteiger partial charge in [-0.2, -0.15) is 4.40 Å². The van der Waals surface area contributed by atoms with E-state index >= 15 is 0 Å². The van der Waals surface area contributed by atoms with E-state index in [4.69, 9.17) is 0 Å². The number of rotatable bonds is 2. The average molecular weight is 224 g/mol. The smallest absolute Gasteiger partial charge is 0.144 e. The van der Waals surface area contributed by atoms with Gasteiger partial charge in [0.15, 0.2) is 0 Å². The molecular formula is C11H16N2OS. The summed E-state index contributed by atoms with van der Waals surface area (Å²) in [5.41, 5.74) is 1.86. The molecular weight excluding hydrogens is 208 g/mol. The molecule has 4 heteroatoms. The first-order chi connectivity index (χ1) is 6.89. The van der Waals surface area contributed by atoms with Gasteiger partial charge >= 0.3 is 0 Å². The summed E-state index contributed by atoms with van der Waals surface area (Å²) >= 11 is 0. The molecule has 0 amide bonds. The molecule has 1 aromatic rings. The molecule has 0 unspecified atom stereocenters. The third-order valence-electron chi connectivity index (χ3n) is 1.74. The number of hydrogen-bond donors (Lipinski definition) is 0. The first kappa shape index (κ1) is 12.0. The van der Waals surface area contributed by atoms with E-state index in [1.807, 2.05) is 39.8 Å². The second kappa shape index (κ2) is 4.66. The van der Waals surface area contributed by atoms with Crippen LogP contribution in [0.15, 0.2) is 22.7 Å². The Balaban J connectivity index is 2.79. The molecule has 0 aromatic carbocycles. The lowest BCUT2D eigenvalue weighted by atomic mass is 10.2. The van der Waals surface area contributed by atoms with Gasteiger partial charge in [-0.25, -0.2) is 4.21 Å². The summed E-state index contributed by atoms with van der Waals surface area (Å²) in [6.45, 7) is 7.66. The van der Waals surface area contributed by atoms with E-state index in [9.17, 15) is 4.21 Å². The van der Waals surface area contributed by atoms with Crippen LogP contribution in [0, 0.1) is 6.92 Å². The lowest BCUT2D eigenvalue weighted by molar-refractivity contribution is 0.651. The summed E-state index contributed by atoms with van der Waals surface area (Å²) in [5.74, 6) is 0. The summed E-state index contributed by atoms with van der Waals surface area (Å²) in [6, 6.07) is 3.82. The minimum absolute atomic E-state index is 0.319. The van der Waals surface area contributed by atoms with E-state index in [0.717, 1.165) is 11.3 Å². The first-order valence-corrected chi connectivity index (χ1v) is 5.89. The van der Waals surface area contributed by atoms with Gasteiger partial charge in [0.05, 0.1) is 16.7 Å². The van der Waals surface area contributed by atoms with Crippen LogP contribution in [-0.2, 0) is 11.0 Å². The zero-order valence-corrected chi connectivity index (χ0v) is 10.3. The molecule has 0 bridgehead atoms. The van der Waals surface area contributed by atoms with Crippen molar-refractivity contribution in [3.05, 3.63) is 29.6 Å². The van der Waals surface area contributed by atoms with Gasteiger partial charge < -0.3 is 0 Å². The highest BCUT2D eigenvalue weighted by Gasteiger charge is 2.18. The van der Waals surface area contributed by atoms with E-state index in [1.165, 1.54) is 0 Å². The highest BCUT2D eigenvalue weighted by atomic mass is 32.2. The predicted octanol–water partition coefficient (Wildman–Crippen LogP) is 2.27. The van der Waals surface area contributed by atoms with E-state index in [0.29, 0.717) is 0 Å². The SMILES string of the molecule is Cc1ccnc(/C=N/[S@](=O)C(C)(C)C)c1. The third kappa shape index (κ3) is 3.91. The Morgan fingerprint density at radius 1 is 1.47 bits per heavy atom. The molecule has 0 aliphatic heterocycles. The monoisotopic (exact) mass is 224 g/mol. The van der Waals surface area contributed by atoms with Gasteiger partial charge in [-0.05, 0) is 45.4 Å². The Morgan fingerprint density at radius 2 is 2.13 bits per heavy atom. The maximum absolute atomic E-state index is 11.6. The molecule has 0 radical (unpaired) electrons. The number of aryl methyl sites for hydroxylation is 1. The molecule has 0 spiro atoms. The average Bonchev–Trinajstić information content (AvgIpc) is 2.12. The van der Waals surface area contributed by atoms with Crippen molar-refractivity contribution in [3.63, 3.8) is 0 Å². The number of hydrogen-bond acceptors (Lipinski definition) is 2. The van der Waals surface area contributed by atoms with Crippen molar-refractivity contribution in [2.75, 3.05) is 0 Å². The molecule has 1 heterocycles. The fourth-order valence-corrected chi connectivity index (χ4v) is 1.41. The summed E-state index contributed by atoms with van der Waals surface area (Å²) in [5, 5.41) is 0. The zero-order valence-electron chi connectivity index (χ0n) is 9.52. The molecule has 15 heavy (non-hydrogen) atoms. The predicted molar refractivity (Wildman–Crippen MR) is 64.5 cm³/mol. The molecule has 0 aliphatic rings. The molecule has 82 valence electrons. The van der Waals surface area contributed by atoms with E-state index < -0.39 is 11.0 Å². The Kier molecular flexibility index (Phi) is 3.74. The lowest BCUT2D eigenvalue weighted by Gasteiger charge is -2.12. The van der Waals surface area contributed by atoms with Gasteiger partial charge in [0.1, 0.15) is 11.0 Å². The van der Waals surface area contributed by atoms with Crippen LogP contribution in [0.4, 0.5) is 0 Å². The fraction of sp³-hybridized carbons (Fsp3) is 0.455. The molecule has 0 fully saturated rings. The third-order valence-corrected chi connectivity index (χ3v) is 3.09. The molecule has 1 rings (SSSR count). The van der Waals surface area contributed by atoms with Gasteiger partial charge in [0.25, 0.3) is 0 Å². The largest absolute Gasteiger partial charge is 0.255 e. The van der Waals surface area contributed by atoms with Gasteiger partial charge in [-0.15, -0.1) is 0 Å². The Morgan fingerprint density at radius 3 is 2.67 bits per heavy atom. The number of aromatic nitrogens is 1. The Hall–Kier alpha value is -1.03. The zero-order chi connectivity index (χ0) is 11.5. The number of nitrogens with zero attached hydrogens (tertiary/aromatic N) is 2. The summed E-state index contributed by atoms with van der Waals surface area (Å²) in [4.78, 5) is 4.11. The maximum atomic E-state index is 11.6. The van der Waals surface area contributed by atoms with E-state index in [1.54, 1.807) is 12.4 Å². The van der Waals surface area contributed by atoms with Crippen molar-refractivity contribution >= 4 is 17.2 Å². The van der Waals surface area contributed by atoms with Gasteiger partial charge in [0, 0.05) is 6.20 Å². The van der Waals surface area contributed by atoms with Crippen LogP contribution in [0.1, 0.15) is 32.0 Å². The van der Waals surface area contributed by atoms with Gasteiger partial charge in [-0.1, -0.05) is 0 Å². The topological polar surface area (TPSA) is 42.3 Å². The van der Waals surface area contributed by atoms with Crippen molar-refractivity contribution in [1.82, 2.24) is 4.98 Å². The molecule has 0 N–H and O–H groups in total. The Bertz CT molecular complexity index is 394. The van der Waals surface area contributed by atoms with Crippen LogP contribution in [0.2, 0.25) is 0 Å². The second-order valence-corrected chi connectivity index (χ2v) is 6.29. The molecule has 0 saturated heterocycles. The van der Waals surface area contributed by atoms with E-state index in [-0.39, 0.29) is 4.75 Å². The maximum Gasteiger partial charge on any atom is 0.144 e. The molecule has 0 saturated carbocycles. The molecule has 1 aromatic heterocycles. The second-order valence-electron chi connectivity index (χ2n) is 4.35. The fourth-order valence-electron chi connectivity index (χ4n) is 0.890. The molecule has 1 atom stereocenters. The van der Waals surface area contributed by atoms with Crippen molar-refractivity contribution in [2.45, 2.75) is 32.4 Å². The summed E-state index contributed by atoms with van der Waals surface area (Å²) < 4.78 is 15.3. The van der Waals surface area contributed by atoms with Crippen molar-refractivity contribution < 1.29 is 4.21 Å². The molecule has 3 nitrogen and oxygen atoms in total. The van der Waals surface area contributed by atoms with Crippen molar-refractivity contribution in [2.24, 2.45) is 4.40 Å². The van der Waals surface area contributed by atoms with E-state index in [2.05, 4.69) is 9.38 Å². The quantitative estimate of drug-likeness (QED) is 0.723. The van der Waals surface area contributed by atoms with Crippen LogP contribution in [0.25, 0.3) is 0 Å². The highest BCUT2D eigenvalue weighted by Crippen LogP contribution is 2.11. The minimum Gasteiger partial charge on any atom is -0.255 e. The van der Waals surface area contributed by atoms with Crippen LogP contribution < -0.4 is 0 Å². The Labute approximate surface area is 93.2 Å². The van der Waals surface area contributed by atoms with Crippen molar-refractivity contribution in [3.8, 4) is 0 Å². The van der Waals surface area contributed by atoms with Crippen LogP contribution >= 0.6 is 0 Å². The van der Waals surface area contributed by atoms with Crippen molar-refractivity contribution in [1.29, 1.82) is 0 Å². The lowest BCUT2D eigenvalue weighted by Crippen LogP contribution is -2.19. The van der Waals surface area contributed by atoms with Crippen LogP contribution in [0.5, 0.6) is 0 Å². The normalized spacial score (nSPS) is 14.4. The summed E-state index contributed by atoms with van der Waals surface area (Å²) in [7, 11) is -1.21. The minimum atomic E-state index is -1.21. The standard InChI is InChI=1S/C11H16N2OS/c1-9-5-6-12-10(7-9)8-13-15(14)11(2,3)4/h5-8H,1-4H3/b13-8+/t15-/m1/s1. The summed E-state index contributed by atoms with van der Waals surface area (Å²) in [6.07, 6.45) is 3.28. The molecule has 0 aliphatic carbocycles. The highest BCUT2D eigenvalue weighted by molar-refractivity contribution is 7.85. The first-order valence-electron chi connectivity index (χ1n) is 4.78. The van der Waals surface area contributed by atoms with Crippen LogP contribution in [0.3, 0.4) is 0 Å².